The summed E-state index contributed by atoms with van der Waals surface area (Å²) in [7, 11) is -1.30. The van der Waals surface area contributed by atoms with Crippen molar-refractivity contribution < 1.29 is 34.5 Å². The lowest BCUT2D eigenvalue weighted by atomic mass is 10.2. The standard InChI is InChI=1S/C9H16N2O6S/c10-6(9(15)16)1-3-18(17)4-2-7(12)11-5-8(13)14/h6H,1-5,10H2,(H,11,12)(H,13,14)(H,15,16)/p+1. The van der Waals surface area contributed by atoms with Crippen LogP contribution in [0.2, 0.25) is 0 Å². The summed E-state index contributed by atoms with van der Waals surface area (Å²) >= 11 is 0. The van der Waals surface area contributed by atoms with E-state index < -0.39 is 41.2 Å². The average molecular weight is 281 g/mol. The van der Waals surface area contributed by atoms with Crippen molar-refractivity contribution in [1.29, 1.82) is 0 Å². The highest BCUT2D eigenvalue weighted by atomic mass is 32.2. The third-order valence-electron chi connectivity index (χ3n) is 2.04. The Morgan fingerprint density at radius 1 is 1.22 bits per heavy atom. The van der Waals surface area contributed by atoms with Crippen LogP contribution in [0, 0.1) is 0 Å². The summed E-state index contributed by atoms with van der Waals surface area (Å²) in [4.78, 5) is 31.7. The minimum absolute atomic E-state index is 0.0469. The summed E-state index contributed by atoms with van der Waals surface area (Å²) < 4.78 is 11.4. The number of amides is 1. The second-order valence-electron chi connectivity index (χ2n) is 3.59. The molecule has 0 aromatic heterocycles. The molecule has 0 bridgehead atoms. The zero-order valence-corrected chi connectivity index (χ0v) is 10.6. The summed E-state index contributed by atoms with van der Waals surface area (Å²) in [6, 6.07) is -0.810. The SMILES string of the molecule is [NH3+]C(CCS(=O)CCC(=O)NCC(=O)O)C(=O)O. The molecule has 0 spiro atoms. The van der Waals surface area contributed by atoms with E-state index in [0.717, 1.165) is 0 Å². The lowest BCUT2D eigenvalue weighted by molar-refractivity contribution is -0.407. The van der Waals surface area contributed by atoms with Crippen molar-refractivity contribution in [2.45, 2.75) is 18.9 Å². The molecule has 2 atom stereocenters. The Balaban J connectivity index is 3.73. The normalized spacial score (nSPS) is 13.6. The number of carbonyl (C=O) groups is 3. The van der Waals surface area contributed by atoms with Crippen LogP contribution in [-0.4, -0.2) is 56.4 Å². The average Bonchev–Trinajstić information content (AvgIpc) is 2.30. The van der Waals surface area contributed by atoms with Gasteiger partial charge in [-0.15, -0.1) is 0 Å². The van der Waals surface area contributed by atoms with Crippen LogP contribution in [0.5, 0.6) is 0 Å². The van der Waals surface area contributed by atoms with Gasteiger partial charge in [0, 0.05) is 35.1 Å². The fourth-order valence-electron chi connectivity index (χ4n) is 0.968. The molecule has 0 heterocycles. The van der Waals surface area contributed by atoms with Crippen molar-refractivity contribution in [3.63, 3.8) is 0 Å². The van der Waals surface area contributed by atoms with E-state index in [1.54, 1.807) is 0 Å². The summed E-state index contributed by atoms with van der Waals surface area (Å²) in [5.41, 5.74) is 3.38. The maximum Gasteiger partial charge on any atom is 0.362 e. The number of nitrogens with one attached hydrogen (secondary N) is 1. The van der Waals surface area contributed by atoms with Crippen molar-refractivity contribution >= 4 is 28.6 Å². The Morgan fingerprint density at radius 2 is 1.83 bits per heavy atom. The van der Waals surface area contributed by atoms with E-state index in [1.807, 2.05) is 0 Å². The van der Waals surface area contributed by atoms with E-state index >= 15 is 0 Å². The number of hydrogen-bond donors (Lipinski definition) is 4. The summed E-state index contributed by atoms with van der Waals surface area (Å²) in [5.74, 6) is -2.45. The van der Waals surface area contributed by atoms with Gasteiger partial charge in [-0.1, -0.05) is 0 Å². The van der Waals surface area contributed by atoms with Crippen LogP contribution in [0.4, 0.5) is 0 Å². The summed E-state index contributed by atoms with van der Waals surface area (Å²) in [6.45, 7) is -0.467. The van der Waals surface area contributed by atoms with E-state index in [-0.39, 0.29) is 24.3 Å². The number of rotatable bonds is 9. The number of carbonyl (C=O) groups excluding carboxylic acids is 1. The second kappa shape index (κ2) is 8.59. The van der Waals surface area contributed by atoms with Crippen molar-refractivity contribution in [1.82, 2.24) is 5.32 Å². The van der Waals surface area contributed by atoms with Gasteiger partial charge >= 0.3 is 11.9 Å². The molecule has 0 radical (unpaired) electrons. The molecule has 0 saturated carbocycles. The van der Waals surface area contributed by atoms with E-state index in [1.165, 1.54) is 0 Å². The van der Waals surface area contributed by atoms with E-state index in [9.17, 15) is 18.6 Å². The molecular formula is C9H17N2O6S+. The van der Waals surface area contributed by atoms with Crippen molar-refractivity contribution in [3.05, 3.63) is 0 Å². The number of aliphatic carboxylic acids is 2. The van der Waals surface area contributed by atoms with Gasteiger partial charge in [0.25, 0.3) is 0 Å². The Hall–Kier alpha value is -1.48. The van der Waals surface area contributed by atoms with Gasteiger partial charge in [-0.3, -0.25) is 13.8 Å². The fourth-order valence-corrected chi connectivity index (χ4v) is 2.13. The molecule has 6 N–H and O–H groups in total. The molecule has 104 valence electrons. The molecule has 0 aliphatic heterocycles. The van der Waals surface area contributed by atoms with Gasteiger partial charge in [-0.05, 0) is 0 Å². The van der Waals surface area contributed by atoms with Crippen LogP contribution in [0.1, 0.15) is 12.8 Å². The first-order valence-corrected chi connectivity index (χ1v) is 6.71. The molecule has 2 unspecified atom stereocenters. The Labute approximate surface area is 106 Å². The lowest BCUT2D eigenvalue weighted by Gasteiger charge is -2.04. The Morgan fingerprint density at radius 3 is 2.33 bits per heavy atom. The van der Waals surface area contributed by atoms with Gasteiger partial charge in [0.15, 0.2) is 6.04 Å². The third kappa shape index (κ3) is 8.65. The van der Waals surface area contributed by atoms with Gasteiger partial charge in [0.2, 0.25) is 5.91 Å². The summed E-state index contributed by atoms with van der Waals surface area (Å²) in [5, 5.41) is 19.0. The number of carboxylic acids is 2. The van der Waals surface area contributed by atoms with E-state index in [4.69, 9.17) is 10.2 Å². The predicted octanol–water partition coefficient (Wildman–Crippen LogP) is -2.59. The number of hydrogen-bond acceptors (Lipinski definition) is 4. The first kappa shape index (κ1) is 16.5. The van der Waals surface area contributed by atoms with Crippen LogP contribution in [0.25, 0.3) is 0 Å². The van der Waals surface area contributed by atoms with Gasteiger partial charge in [-0.2, -0.15) is 0 Å². The minimum atomic E-state index is -1.30. The quantitative estimate of drug-likeness (QED) is 0.364. The fraction of sp³-hybridized carbons (Fsp3) is 0.667. The van der Waals surface area contributed by atoms with Gasteiger partial charge in [0.05, 0.1) is 0 Å². The molecule has 0 aliphatic rings. The van der Waals surface area contributed by atoms with Crippen LogP contribution in [-0.2, 0) is 25.2 Å². The highest BCUT2D eigenvalue weighted by Gasteiger charge is 2.16. The van der Waals surface area contributed by atoms with Crippen LogP contribution < -0.4 is 11.1 Å². The molecular weight excluding hydrogens is 264 g/mol. The summed E-state index contributed by atoms with van der Waals surface area (Å²) in [6.07, 6.45) is 0.132. The van der Waals surface area contributed by atoms with Crippen LogP contribution >= 0.6 is 0 Å². The molecule has 0 saturated heterocycles. The highest BCUT2D eigenvalue weighted by molar-refractivity contribution is 7.84. The first-order chi connectivity index (χ1) is 8.32. The lowest BCUT2D eigenvalue weighted by Crippen LogP contribution is -2.65. The molecule has 8 nitrogen and oxygen atoms in total. The second-order valence-corrected chi connectivity index (χ2v) is 5.29. The smallest absolute Gasteiger partial charge is 0.362 e. The van der Waals surface area contributed by atoms with Gasteiger partial charge in [-0.25, -0.2) is 4.79 Å². The van der Waals surface area contributed by atoms with Crippen molar-refractivity contribution in [2.24, 2.45) is 0 Å². The number of quaternary nitrogens is 1. The van der Waals surface area contributed by atoms with Crippen LogP contribution in [0.15, 0.2) is 0 Å². The third-order valence-corrected chi connectivity index (χ3v) is 3.39. The van der Waals surface area contributed by atoms with Crippen molar-refractivity contribution in [3.8, 4) is 0 Å². The van der Waals surface area contributed by atoms with Gasteiger partial charge < -0.3 is 21.3 Å². The first-order valence-electron chi connectivity index (χ1n) is 5.22. The van der Waals surface area contributed by atoms with E-state index in [2.05, 4.69) is 11.1 Å². The van der Waals surface area contributed by atoms with E-state index in [0.29, 0.717) is 0 Å². The molecule has 0 fully saturated rings. The molecule has 0 rings (SSSR count). The maximum atomic E-state index is 11.4. The maximum absolute atomic E-state index is 11.4. The molecule has 9 heteroatoms. The predicted molar refractivity (Wildman–Crippen MR) is 62.1 cm³/mol. The zero-order chi connectivity index (χ0) is 14.1. The molecule has 1 amide bonds. The van der Waals surface area contributed by atoms with Crippen LogP contribution in [0.3, 0.4) is 0 Å². The van der Waals surface area contributed by atoms with Gasteiger partial charge in [0.1, 0.15) is 6.54 Å². The number of carboxylic acid groups (broad SMARTS) is 2. The topological polar surface area (TPSA) is 148 Å². The molecule has 0 aromatic carbocycles. The van der Waals surface area contributed by atoms with Crippen molar-refractivity contribution in [2.75, 3.05) is 18.1 Å². The minimum Gasteiger partial charge on any atom is -0.480 e. The molecule has 0 aromatic rings. The monoisotopic (exact) mass is 281 g/mol. The largest absolute Gasteiger partial charge is 0.480 e. The Bertz CT molecular complexity index is 346. The molecule has 18 heavy (non-hydrogen) atoms. The zero-order valence-electron chi connectivity index (χ0n) is 9.76. The molecule has 0 aliphatic carbocycles. The Kier molecular flexibility index (Phi) is 7.88. The highest BCUT2D eigenvalue weighted by Crippen LogP contribution is 1.94.